The molecule has 0 radical (unpaired) electrons. The summed E-state index contributed by atoms with van der Waals surface area (Å²) in [4.78, 5) is 24.5. The SMILES string of the molecule is C=CCSCC(=O)Nc1c(C)n(C)n(-c2ccccc2)c1=O. The zero-order valence-corrected chi connectivity index (χ0v) is 13.5. The van der Waals surface area contributed by atoms with Gasteiger partial charge in [-0.05, 0) is 19.1 Å². The zero-order valence-electron chi connectivity index (χ0n) is 12.7. The maximum atomic E-state index is 12.6. The number of carbonyl (C=O) groups is 1. The van der Waals surface area contributed by atoms with Crippen LogP contribution in [-0.4, -0.2) is 26.8 Å². The van der Waals surface area contributed by atoms with Gasteiger partial charge in [-0.15, -0.1) is 18.3 Å². The lowest BCUT2D eigenvalue weighted by atomic mass is 10.3. The van der Waals surface area contributed by atoms with Crippen LogP contribution in [0, 0.1) is 6.92 Å². The summed E-state index contributed by atoms with van der Waals surface area (Å²) >= 11 is 1.45. The second kappa shape index (κ2) is 7.17. The van der Waals surface area contributed by atoms with Crippen LogP contribution in [-0.2, 0) is 11.8 Å². The van der Waals surface area contributed by atoms with Crippen molar-refractivity contribution in [2.75, 3.05) is 16.8 Å². The van der Waals surface area contributed by atoms with Gasteiger partial charge in [-0.25, -0.2) is 4.68 Å². The number of carbonyl (C=O) groups excluding carboxylic acids is 1. The molecule has 0 aliphatic rings. The van der Waals surface area contributed by atoms with Crippen molar-refractivity contribution in [1.82, 2.24) is 9.36 Å². The molecule has 6 heteroatoms. The van der Waals surface area contributed by atoms with Crippen LogP contribution in [0.1, 0.15) is 5.69 Å². The summed E-state index contributed by atoms with van der Waals surface area (Å²) in [6.07, 6.45) is 1.74. The number of para-hydroxylation sites is 1. The van der Waals surface area contributed by atoms with Crippen LogP contribution < -0.4 is 10.9 Å². The lowest BCUT2D eigenvalue weighted by Gasteiger charge is -2.07. The van der Waals surface area contributed by atoms with Crippen LogP contribution in [0.5, 0.6) is 0 Å². The van der Waals surface area contributed by atoms with Crippen molar-refractivity contribution in [3.8, 4) is 5.69 Å². The molecule has 2 rings (SSSR count). The third kappa shape index (κ3) is 3.33. The predicted molar refractivity (Wildman–Crippen MR) is 91.9 cm³/mol. The molecule has 0 unspecified atom stereocenters. The number of anilines is 1. The summed E-state index contributed by atoms with van der Waals surface area (Å²) in [5.41, 5.74) is 1.58. The Bertz CT molecular complexity index is 732. The number of hydrogen-bond donors (Lipinski definition) is 1. The van der Waals surface area contributed by atoms with Crippen LogP contribution in [0.2, 0.25) is 0 Å². The lowest BCUT2D eigenvalue weighted by molar-refractivity contribution is -0.113. The Morgan fingerprint density at radius 2 is 2.05 bits per heavy atom. The highest BCUT2D eigenvalue weighted by Gasteiger charge is 2.17. The van der Waals surface area contributed by atoms with Crippen LogP contribution in [0.3, 0.4) is 0 Å². The van der Waals surface area contributed by atoms with E-state index in [4.69, 9.17) is 0 Å². The van der Waals surface area contributed by atoms with Crippen LogP contribution in [0.25, 0.3) is 5.69 Å². The minimum Gasteiger partial charge on any atom is -0.319 e. The number of nitrogens with one attached hydrogen (secondary N) is 1. The standard InChI is InChI=1S/C16H19N3O2S/c1-4-10-22-11-14(20)17-15-12(2)18(3)19(16(15)21)13-8-6-5-7-9-13/h4-9H,1,10-11H2,2-3H3,(H,17,20). The first-order valence-electron chi connectivity index (χ1n) is 6.88. The van der Waals surface area contributed by atoms with Crippen LogP contribution in [0.4, 0.5) is 5.69 Å². The molecule has 0 saturated heterocycles. The Morgan fingerprint density at radius 1 is 1.36 bits per heavy atom. The van der Waals surface area contributed by atoms with E-state index in [2.05, 4.69) is 11.9 Å². The van der Waals surface area contributed by atoms with Gasteiger partial charge in [-0.1, -0.05) is 24.3 Å². The Balaban J connectivity index is 2.29. The van der Waals surface area contributed by atoms with Crippen molar-refractivity contribution in [3.63, 3.8) is 0 Å². The van der Waals surface area contributed by atoms with Gasteiger partial charge < -0.3 is 5.32 Å². The van der Waals surface area contributed by atoms with Gasteiger partial charge in [0.15, 0.2) is 0 Å². The largest absolute Gasteiger partial charge is 0.319 e. The van der Waals surface area contributed by atoms with E-state index in [1.165, 1.54) is 11.8 Å². The van der Waals surface area contributed by atoms with Crippen molar-refractivity contribution in [2.24, 2.45) is 7.05 Å². The molecule has 0 atom stereocenters. The van der Waals surface area contributed by atoms with E-state index in [1.54, 1.807) is 22.5 Å². The Morgan fingerprint density at radius 3 is 2.68 bits per heavy atom. The number of rotatable bonds is 6. The summed E-state index contributed by atoms with van der Waals surface area (Å²) < 4.78 is 3.28. The highest BCUT2D eigenvalue weighted by molar-refractivity contribution is 8.00. The minimum absolute atomic E-state index is 0.183. The molecule has 0 saturated carbocycles. The van der Waals surface area contributed by atoms with E-state index in [9.17, 15) is 9.59 Å². The van der Waals surface area contributed by atoms with Gasteiger partial charge in [0.05, 0.1) is 17.1 Å². The van der Waals surface area contributed by atoms with Gasteiger partial charge in [0, 0.05) is 12.8 Å². The molecule has 1 aromatic carbocycles. The molecule has 116 valence electrons. The smallest absolute Gasteiger partial charge is 0.295 e. The summed E-state index contributed by atoms with van der Waals surface area (Å²) in [7, 11) is 1.80. The van der Waals surface area contributed by atoms with Gasteiger partial charge in [0.25, 0.3) is 5.56 Å². The van der Waals surface area contributed by atoms with E-state index in [1.807, 2.05) is 37.3 Å². The van der Waals surface area contributed by atoms with Gasteiger partial charge >= 0.3 is 0 Å². The summed E-state index contributed by atoms with van der Waals surface area (Å²) in [6, 6.07) is 9.34. The normalized spacial score (nSPS) is 10.5. The molecule has 0 aliphatic carbocycles. The van der Waals surface area contributed by atoms with E-state index in [0.717, 1.165) is 11.4 Å². The van der Waals surface area contributed by atoms with Gasteiger partial charge in [-0.3, -0.25) is 14.3 Å². The first-order valence-corrected chi connectivity index (χ1v) is 8.04. The Kier molecular flexibility index (Phi) is 5.27. The van der Waals surface area contributed by atoms with E-state index in [-0.39, 0.29) is 11.5 Å². The highest BCUT2D eigenvalue weighted by Crippen LogP contribution is 2.14. The molecule has 22 heavy (non-hydrogen) atoms. The average Bonchev–Trinajstić information content (AvgIpc) is 2.72. The molecule has 1 amide bonds. The van der Waals surface area contributed by atoms with E-state index < -0.39 is 0 Å². The first-order chi connectivity index (χ1) is 10.6. The van der Waals surface area contributed by atoms with Gasteiger partial charge in [0.1, 0.15) is 5.69 Å². The fourth-order valence-electron chi connectivity index (χ4n) is 2.12. The Labute approximate surface area is 133 Å². The second-order valence-corrected chi connectivity index (χ2v) is 5.82. The number of aromatic nitrogens is 2. The van der Waals surface area contributed by atoms with Crippen LogP contribution >= 0.6 is 11.8 Å². The quantitative estimate of drug-likeness (QED) is 0.657. The van der Waals surface area contributed by atoms with Gasteiger partial charge in [0.2, 0.25) is 5.91 Å². The topological polar surface area (TPSA) is 56.0 Å². The third-order valence-corrected chi connectivity index (χ3v) is 4.23. The van der Waals surface area contributed by atoms with Crippen molar-refractivity contribution in [2.45, 2.75) is 6.92 Å². The number of hydrogen-bond acceptors (Lipinski definition) is 3. The maximum Gasteiger partial charge on any atom is 0.295 e. The zero-order chi connectivity index (χ0) is 16.1. The Hall–Kier alpha value is -2.21. The monoisotopic (exact) mass is 317 g/mol. The lowest BCUT2D eigenvalue weighted by Crippen LogP contribution is -2.23. The molecular formula is C16H19N3O2S. The van der Waals surface area contributed by atoms with E-state index >= 15 is 0 Å². The highest BCUT2D eigenvalue weighted by atomic mass is 32.2. The number of amides is 1. The molecule has 0 aliphatic heterocycles. The van der Waals surface area contributed by atoms with E-state index in [0.29, 0.717) is 17.2 Å². The van der Waals surface area contributed by atoms with Crippen molar-refractivity contribution >= 4 is 23.4 Å². The van der Waals surface area contributed by atoms with Crippen molar-refractivity contribution < 1.29 is 4.79 Å². The fraction of sp³-hybridized carbons (Fsp3) is 0.250. The molecule has 2 aromatic rings. The summed E-state index contributed by atoms with van der Waals surface area (Å²) in [5.74, 6) is 0.818. The third-order valence-electron chi connectivity index (χ3n) is 3.29. The molecule has 1 N–H and O–H groups in total. The molecule has 1 aromatic heterocycles. The number of thioether (sulfide) groups is 1. The predicted octanol–water partition coefficient (Wildman–Crippen LogP) is 2.34. The fourth-order valence-corrected chi connectivity index (χ4v) is 2.66. The van der Waals surface area contributed by atoms with Crippen LogP contribution in [0.15, 0.2) is 47.8 Å². The van der Waals surface area contributed by atoms with Crippen molar-refractivity contribution in [3.05, 3.63) is 59.0 Å². The number of benzene rings is 1. The average molecular weight is 317 g/mol. The molecule has 0 fully saturated rings. The molecule has 0 bridgehead atoms. The summed E-state index contributed by atoms with van der Waals surface area (Å²) in [5, 5.41) is 2.72. The summed E-state index contributed by atoms with van der Waals surface area (Å²) in [6.45, 7) is 5.42. The van der Waals surface area contributed by atoms with Crippen molar-refractivity contribution in [1.29, 1.82) is 0 Å². The number of nitrogens with zero attached hydrogens (tertiary/aromatic N) is 2. The maximum absolute atomic E-state index is 12.6. The molecule has 5 nitrogen and oxygen atoms in total. The van der Waals surface area contributed by atoms with Gasteiger partial charge in [-0.2, -0.15) is 0 Å². The molecule has 0 spiro atoms. The first kappa shape index (κ1) is 16.2. The minimum atomic E-state index is -0.228. The molecular weight excluding hydrogens is 298 g/mol. The second-order valence-electron chi connectivity index (χ2n) is 4.79. The molecule has 1 heterocycles.